The van der Waals surface area contributed by atoms with Crippen LogP contribution in [-0.2, 0) is 14.4 Å². The predicted molar refractivity (Wildman–Crippen MR) is 120 cm³/mol. The highest BCUT2D eigenvalue weighted by Crippen LogP contribution is 2.56. The molecule has 2 aromatic heterocycles. The number of carbonyl (C=O) groups excluding carboxylic acids is 3. The van der Waals surface area contributed by atoms with Crippen molar-refractivity contribution in [1.29, 1.82) is 0 Å². The maximum Gasteiger partial charge on any atom is 0.328 e. The van der Waals surface area contributed by atoms with Crippen LogP contribution in [0.4, 0.5) is 0 Å². The Kier molecular flexibility index (Phi) is 5.41. The summed E-state index contributed by atoms with van der Waals surface area (Å²) < 4.78 is 5.07. The number of nitrogens with one attached hydrogen (secondary N) is 2. The van der Waals surface area contributed by atoms with Gasteiger partial charge in [-0.25, -0.2) is 5.10 Å². The number of H-pyrrole nitrogens is 1. The molecule has 12 heteroatoms. The van der Waals surface area contributed by atoms with Crippen molar-refractivity contribution in [2.45, 2.75) is 42.0 Å². The van der Waals surface area contributed by atoms with E-state index in [1.54, 1.807) is 63.8 Å². The summed E-state index contributed by atoms with van der Waals surface area (Å²) in [5.41, 5.74) is 0.520. The van der Waals surface area contributed by atoms with Gasteiger partial charge in [0.2, 0.25) is 11.8 Å². The number of amides is 2. The average molecular weight is 485 g/mol. The van der Waals surface area contributed by atoms with Crippen LogP contribution in [0.3, 0.4) is 0 Å². The number of thiophene rings is 1. The molecule has 5 rings (SSSR count). The Balaban J connectivity index is 1.34. The fraction of sp³-hybridized carbons (Fsp3) is 0.333. The molecule has 0 radical (unpaired) electrons. The van der Waals surface area contributed by atoms with Crippen molar-refractivity contribution < 1.29 is 19.1 Å². The predicted octanol–water partition coefficient (Wildman–Crippen LogP) is 1.87. The summed E-state index contributed by atoms with van der Waals surface area (Å²) in [6.45, 7) is 4.00. The molecule has 4 atom stereocenters. The van der Waals surface area contributed by atoms with Gasteiger partial charge in [-0.15, -0.1) is 16.9 Å². The van der Waals surface area contributed by atoms with E-state index in [1.165, 1.54) is 11.3 Å². The second kappa shape index (κ2) is 8.27. The molecule has 2 aliphatic rings. The Morgan fingerprint density at radius 2 is 2.03 bits per heavy atom. The van der Waals surface area contributed by atoms with E-state index in [2.05, 4.69) is 25.9 Å². The largest absolute Gasteiger partial charge is 0.426 e. The van der Waals surface area contributed by atoms with E-state index < -0.39 is 23.8 Å². The van der Waals surface area contributed by atoms with Crippen LogP contribution in [-0.4, -0.2) is 59.5 Å². The lowest BCUT2D eigenvalue weighted by atomic mass is 9.94. The molecule has 170 valence electrons. The van der Waals surface area contributed by atoms with Crippen molar-refractivity contribution in [2.75, 3.05) is 0 Å². The molecule has 4 heterocycles. The van der Waals surface area contributed by atoms with Crippen LogP contribution in [0.25, 0.3) is 0 Å². The first-order chi connectivity index (χ1) is 15.9. The lowest BCUT2D eigenvalue weighted by molar-refractivity contribution is -0.153. The Morgan fingerprint density at radius 3 is 2.70 bits per heavy atom. The number of aromatic amines is 1. The molecular formula is C21H20N6O4S2. The highest BCUT2D eigenvalue weighted by atomic mass is 32.2. The number of hydrogen-bond acceptors (Lipinski definition) is 9. The summed E-state index contributed by atoms with van der Waals surface area (Å²) in [6.07, 6.45) is 0. The molecule has 1 aromatic carbocycles. The monoisotopic (exact) mass is 484 g/mol. The maximum atomic E-state index is 13.3. The van der Waals surface area contributed by atoms with E-state index in [0.29, 0.717) is 17.1 Å². The number of para-hydroxylation sites is 1. The van der Waals surface area contributed by atoms with Gasteiger partial charge in [-0.1, -0.05) is 18.2 Å². The van der Waals surface area contributed by atoms with Crippen LogP contribution in [0.1, 0.15) is 37.2 Å². The molecule has 0 spiro atoms. The summed E-state index contributed by atoms with van der Waals surface area (Å²) in [6, 6.07) is 9.17. The SMILES string of the molecule is CC1(C)S[C@@H]2C(NC(=O)C(C(=O)Oc3ccccc3)c3ccsc3)C(=O)N2C1c1nnn[nH]1. The van der Waals surface area contributed by atoms with Gasteiger partial charge in [-0.3, -0.25) is 14.4 Å². The standard InChI is InChI=1S/C21H20N6O4S2/c1-21(2)15(16-23-25-26-24-16)27-18(29)14(19(27)33-21)22-17(28)13(11-8-9-32-10-11)20(30)31-12-6-4-3-5-7-12/h3-10,13-15,19H,1-2H3,(H,22,28)(H,23,24,25,26)/t13?,14?,15?,19-/m1/s1. The number of tetrazole rings is 1. The van der Waals surface area contributed by atoms with E-state index in [-0.39, 0.29) is 22.1 Å². The first kappa shape index (κ1) is 21.6. The number of rotatable bonds is 6. The number of ether oxygens (including phenoxy) is 1. The summed E-state index contributed by atoms with van der Waals surface area (Å²) >= 11 is 2.93. The minimum absolute atomic E-state index is 0.242. The quantitative estimate of drug-likeness (QED) is 0.235. The lowest BCUT2D eigenvalue weighted by Gasteiger charge is -2.44. The van der Waals surface area contributed by atoms with Gasteiger partial charge < -0.3 is 15.0 Å². The second-order valence-electron chi connectivity index (χ2n) is 8.26. The van der Waals surface area contributed by atoms with Gasteiger partial charge in [0.25, 0.3) is 0 Å². The smallest absolute Gasteiger partial charge is 0.328 e. The molecule has 2 fully saturated rings. The fourth-order valence-electron chi connectivity index (χ4n) is 4.21. The Labute approximate surface area is 197 Å². The molecule has 10 nitrogen and oxygen atoms in total. The number of benzene rings is 1. The third-order valence-electron chi connectivity index (χ3n) is 5.70. The van der Waals surface area contributed by atoms with Gasteiger partial charge in [0.15, 0.2) is 11.7 Å². The minimum Gasteiger partial charge on any atom is -0.426 e. The molecule has 2 N–H and O–H groups in total. The molecule has 2 aliphatic heterocycles. The van der Waals surface area contributed by atoms with Crippen LogP contribution >= 0.6 is 23.1 Å². The number of hydrogen-bond donors (Lipinski definition) is 2. The first-order valence-electron chi connectivity index (χ1n) is 10.2. The normalized spacial score (nSPS) is 24.0. The van der Waals surface area contributed by atoms with Crippen LogP contribution in [0, 0.1) is 0 Å². The third kappa shape index (κ3) is 3.78. The number of β-lactam (4-membered cyclic amide) rings is 1. The van der Waals surface area contributed by atoms with Gasteiger partial charge in [0.05, 0.1) is 0 Å². The highest BCUT2D eigenvalue weighted by molar-refractivity contribution is 8.01. The highest BCUT2D eigenvalue weighted by Gasteiger charge is 2.63. The van der Waals surface area contributed by atoms with Crippen LogP contribution < -0.4 is 10.1 Å². The minimum atomic E-state index is -1.19. The number of aromatic nitrogens is 4. The average Bonchev–Trinajstić information content (AvgIpc) is 3.53. The van der Waals surface area contributed by atoms with Crippen molar-refractivity contribution in [3.63, 3.8) is 0 Å². The van der Waals surface area contributed by atoms with Gasteiger partial charge in [-0.2, -0.15) is 11.3 Å². The maximum absolute atomic E-state index is 13.3. The second-order valence-corrected chi connectivity index (χ2v) is 10.8. The van der Waals surface area contributed by atoms with Crippen LogP contribution in [0.5, 0.6) is 5.75 Å². The Morgan fingerprint density at radius 1 is 1.24 bits per heavy atom. The van der Waals surface area contributed by atoms with Gasteiger partial charge >= 0.3 is 5.97 Å². The van der Waals surface area contributed by atoms with E-state index in [0.717, 1.165) is 0 Å². The molecule has 0 bridgehead atoms. The number of carbonyl (C=O) groups is 3. The molecule has 3 unspecified atom stereocenters. The zero-order valence-corrected chi connectivity index (χ0v) is 19.3. The topological polar surface area (TPSA) is 130 Å². The number of thioether (sulfide) groups is 1. The molecule has 3 aromatic rings. The van der Waals surface area contributed by atoms with Gasteiger partial charge in [0.1, 0.15) is 23.2 Å². The van der Waals surface area contributed by atoms with Crippen molar-refractivity contribution in [3.8, 4) is 5.75 Å². The summed E-state index contributed by atoms with van der Waals surface area (Å²) in [4.78, 5) is 40.9. The van der Waals surface area contributed by atoms with Crippen molar-refractivity contribution in [1.82, 2.24) is 30.8 Å². The summed E-state index contributed by atoms with van der Waals surface area (Å²) in [7, 11) is 0. The van der Waals surface area contributed by atoms with Crippen molar-refractivity contribution in [2.24, 2.45) is 0 Å². The van der Waals surface area contributed by atoms with Crippen LogP contribution in [0.2, 0.25) is 0 Å². The molecule has 2 saturated heterocycles. The van der Waals surface area contributed by atoms with Crippen LogP contribution in [0.15, 0.2) is 47.2 Å². The lowest BCUT2D eigenvalue weighted by Crippen LogP contribution is -2.68. The van der Waals surface area contributed by atoms with Gasteiger partial charge in [0, 0.05) is 4.75 Å². The van der Waals surface area contributed by atoms with Gasteiger partial charge in [-0.05, 0) is 58.8 Å². The molecule has 0 saturated carbocycles. The number of fused-ring (bicyclic) bond motifs is 1. The molecular weight excluding hydrogens is 464 g/mol. The Hall–Kier alpha value is -3.25. The van der Waals surface area contributed by atoms with E-state index >= 15 is 0 Å². The number of nitrogens with zero attached hydrogens (tertiary/aromatic N) is 4. The summed E-state index contributed by atoms with van der Waals surface area (Å²) in [5.74, 6) is -1.87. The van der Waals surface area contributed by atoms with E-state index in [4.69, 9.17) is 4.74 Å². The molecule has 0 aliphatic carbocycles. The van der Waals surface area contributed by atoms with Crippen molar-refractivity contribution in [3.05, 3.63) is 58.5 Å². The zero-order valence-electron chi connectivity index (χ0n) is 17.7. The van der Waals surface area contributed by atoms with E-state index in [1.807, 2.05) is 13.8 Å². The van der Waals surface area contributed by atoms with E-state index in [9.17, 15) is 14.4 Å². The molecule has 2 amide bonds. The fourth-order valence-corrected chi connectivity index (χ4v) is 6.53. The zero-order chi connectivity index (χ0) is 23.2. The Bertz CT molecular complexity index is 1170. The summed E-state index contributed by atoms with van der Waals surface area (Å²) in [5, 5.41) is 20.0. The first-order valence-corrected chi connectivity index (χ1v) is 12.0. The number of esters is 1. The molecule has 33 heavy (non-hydrogen) atoms. The van der Waals surface area contributed by atoms with Crippen molar-refractivity contribution >= 4 is 40.9 Å². The third-order valence-corrected chi connectivity index (χ3v) is 7.97.